The van der Waals surface area contributed by atoms with Gasteiger partial charge in [0.25, 0.3) is 0 Å². The average molecular weight is 376 g/mol. The first-order chi connectivity index (χ1) is 13.7. The van der Waals surface area contributed by atoms with Crippen LogP contribution in [0.15, 0.2) is 59.1 Å². The zero-order chi connectivity index (χ0) is 19.3. The Balaban J connectivity index is 1.41. The van der Waals surface area contributed by atoms with Crippen molar-refractivity contribution in [3.63, 3.8) is 0 Å². The topological polar surface area (TPSA) is 71.3 Å². The molecular formula is C22H24N4O2. The van der Waals surface area contributed by atoms with Crippen molar-refractivity contribution in [2.24, 2.45) is 0 Å². The van der Waals surface area contributed by atoms with E-state index in [2.05, 4.69) is 22.4 Å². The minimum Gasteiger partial charge on any atom is -0.339 e. The number of anilines is 1. The van der Waals surface area contributed by atoms with E-state index in [1.54, 1.807) is 0 Å². The summed E-state index contributed by atoms with van der Waals surface area (Å²) in [5.41, 5.74) is 2.99. The second kappa shape index (κ2) is 8.25. The van der Waals surface area contributed by atoms with Gasteiger partial charge in [-0.2, -0.15) is 4.98 Å². The Labute approximate surface area is 164 Å². The maximum atomic E-state index is 12.7. The Hall–Kier alpha value is -3.15. The molecule has 1 saturated heterocycles. The Kier molecular flexibility index (Phi) is 5.37. The predicted molar refractivity (Wildman–Crippen MR) is 108 cm³/mol. The zero-order valence-corrected chi connectivity index (χ0v) is 16.0. The molecule has 6 heteroatoms. The molecule has 1 unspecified atom stereocenters. The summed E-state index contributed by atoms with van der Waals surface area (Å²) in [5, 5.41) is 7.10. The second-order valence-corrected chi connectivity index (χ2v) is 7.09. The molecule has 1 aliphatic rings. The molecule has 0 radical (unpaired) electrons. The molecule has 1 atom stereocenters. The summed E-state index contributed by atoms with van der Waals surface area (Å²) < 4.78 is 5.51. The number of carbonyl (C=O) groups excluding carboxylic acids is 1. The van der Waals surface area contributed by atoms with E-state index in [9.17, 15) is 4.79 Å². The molecule has 2 heterocycles. The highest BCUT2D eigenvalue weighted by Crippen LogP contribution is 2.28. The van der Waals surface area contributed by atoms with E-state index >= 15 is 0 Å². The van der Waals surface area contributed by atoms with Crippen molar-refractivity contribution in [3.8, 4) is 11.4 Å². The Morgan fingerprint density at radius 2 is 1.96 bits per heavy atom. The number of nitrogens with one attached hydrogen (secondary N) is 1. The van der Waals surface area contributed by atoms with Gasteiger partial charge in [-0.25, -0.2) is 4.79 Å². The molecule has 3 aromatic rings. The first kappa shape index (κ1) is 18.2. The van der Waals surface area contributed by atoms with Gasteiger partial charge in [-0.3, -0.25) is 0 Å². The molecule has 28 heavy (non-hydrogen) atoms. The van der Waals surface area contributed by atoms with Crippen molar-refractivity contribution in [3.05, 3.63) is 66.1 Å². The lowest BCUT2D eigenvalue weighted by molar-refractivity contribution is 0.184. The number of carbonyl (C=O) groups is 1. The third kappa shape index (κ3) is 4.06. The summed E-state index contributed by atoms with van der Waals surface area (Å²) in [6.45, 7) is 3.42. The fourth-order valence-electron chi connectivity index (χ4n) is 3.49. The summed E-state index contributed by atoms with van der Waals surface area (Å²) in [7, 11) is 0. The molecule has 1 aliphatic heterocycles. The van der Waals surface area contributed by atoms with Crippen LogP contribution in [0.3, 0.4) is 0 Å². The summed E-state index contributed by atoms with van der Waals surface area (Å²) in [6, 6.07) is 17.7. The van der Waals surface area contributed by atoms with Gasteiger partial charge in [-0.1, -0.05) is 54.5 Å². The first-order valence-electron chi connectivity index (χ1n) is 9.77. The minimum absolute atomic E-state index is 0.0620. The highest BCUT2D eigenvalue weighted by Gasteiger charge is 2.28. The predicted octanol–water partition coefficient (Wildman–Crippen LogP) is 4.71. The summed E-state index contributed by atoms with van der Waals surface area (Å²) >= 11 is 0. The van der Waals surface area contributed by atoms with Crippen LogP contribution in [0.2, 0.25) is 0 Å². The van der Waals surface area contributed by atoms with Gasteiger partial charge < -0.3 is 14.7 Å². The van der Waals surface area contributed by atoms with Crippen LogP contribution in [-0.2, 0) is 6.42 Å². The number of aryl methyl sites for hydroxylation is 1. The van der Waals surface area contributed by atoms with Crippen molar-refractivity contribution in [1.82, 2.24) is 15.0 Å². The van der Waals surface area contributed by atoms with Gasteiger partial charge in [-0.05, 0) is 37.0 Å². The number of nitrogens with zero attached hydrogens (tertiary/aromatic N) is 3. The van der Waals surface area contributed by atoms with Gasteiger partial charge in [0.05, 0.1) is 5.92 Å². The lowest BCUT2D eigenvalue weighted by atomic mass is 9.98. The maximum Gasteiger partial charge on any atom is 0.321 e. The number of hydrogen-bond donors (Lipinski definition) is 1. The molecule has 2 amide bonds. The second-order valence-electron chi connectivity index (χ2n) is 7.09. The van der Waals surface area contributed by atoms with Crippen LogP contribution in [0, 0.1) is 0 Å². The highest BCUT2D eigenvalue weighted by molar-refractivity contribution is 5.89. The van der Waals surface area contributed by atoms with Gasteiger partial charge in [0.2, 0.25) is 11.7 Å². The van der Waals surface area contributed by atoms with Crippen LogP contribution in [0.25, 0.3) is 11.4 Å². The molecule has 144 valence electrons. The molecule has 0 bridgehead atoms. The van der Waals surface area contributed by atoms with E-state index in [4.69, 9.17) is 4.52 Å². The summed E-state index contributed by atoms with van der Waals surface area (Å²) in [4.78, 5) is 19.1. The Bertz CT molecular complexity index is 921. The summed E-state index contributed by atoms with van der Waals surface area (Å²) in [5.74, 6) is 1.25. The third-order valence-corrected chi connectivity index (χ3v) is 5.15. The molecule has 1 aromatic heterocycles. The van der Waals surface area contributed by atoms with Crippen molar-refractivity contribution in [2.75, 3.05) is 18.4 Å². The van der Waals surface area contributed by atoms with E-state index in [0.717, 1.165) is 37.1 Å². The highest BCUT2D eigenvalue weighted by atomic mass is 16.5. The monoisotopic (exact) mass is 376 g/mol. The number of likely N-dealkylation sites (tertiary alicyclic amines) is 1. The van der Waals surface area contributed by atoms with Crippen molar-refractivity contribution in [2.45, 2.75) is 32.1 Å². The van der Waals surface area contributed by atoms with Gasteiger partial charge in [0, 0.05) is 24.3 Å². The maximum absolute atomic E-state index is 12.7. The number of amides is 2. The number of hydrogen-bond acceptors (Lipinski definition) is 4. The fraction of sp³-hybridized carbons (Fsp3) is 0.318. The molecule has 0 spiro atoms. The van der Waals surface area contributed by atoms with E-state index in [1.807, 2.05) is 59.5 Å². The van der Waals surface area contributed by atoms with Crippen LogP contribution < -0.4 is 5.32 Å². The number of aromatic nitrogens is 2. The van der Waals surface area contributed by atoms with Crippen molar-refractivity contribution >= 4 is 11.7 Å². The lowest BCUT2D eigenvalue weighted by Gasteiger charge is -2.31. The lowest BCUT2D eigenvalue weighted by Crippen LogP contribution is -2.41. The third-order valence-electron chi connectivity index (χ3n) is 5.15. The number of piperidine rings is 1. The number of benzene rings is 2. The fourth-order valence-corrected chi connectivity index (χ4v) is 3.49. The van der Waals surface area contributed by atoms with Crippen LogP contribution in [-0.4, -0.2) is 34.2 Å². The van der Waals surface area contributed by atoms with Crippen molar-refractivity contribution in [1.29, 1.82) is 0 Å². The molecular weight excluding hydrogens is 352 g/mol. The SMILES string of the molecule is CCc1ccc(NC(=O)N2CCCC(c3nc(-c4ccccc4)no3)C2)cc1. The molecule has 6 nitrogen and oxygen atoms in total. The minimum atomic E-state index is -0.0863. The normalized spacial score (nSPS) is 16.8. The number of rotatable bonds is 4. The van der Waals surface area contributed by atoms with Crippen LogP contribution in [0.5, 0.6) is 0 Å². The quantitative estimate of drug-likeness (QED) is 0.716. The molecule has 0 aliphatic carbocycles. The molecule has 0 saturated carbocycles. The van der Waals surface area contributed by atoms with Gasteiger partial charge >= 0.3 is 6.03 Å². The Morgan fingerprint density at radius 3 is 2.71 bits per heavy atom. The van der Waals surface area contributed by atoms with Gasteiger partial charge in [0.15, 0.2) is 0 Å². The zero-order valence-electron chi connectivity index (χ0n) is 16.0. The van der Waals surface area contributed by atoms with Crippen LogP contribution in [0.4, 0.5) is 10.5 Å². The Morgan fingerprint density at radius 1 is 1.18 bits per heavy atom. The molecule has 2 aromatic carbocycles. The van der Waals surface area contributed by atoms with Crippen molar-refractivity contribution < 1.29 is 9.32 Å². The first-order valence-corrected chi connectivity index (χ1v) is 9.77. The van der Waals surface area contributed by atoms with E-state index in [0.29, 0.717) is 18.3 Å². The van der Waals surface area contributed by atoms with E-state index in [1.165, 1.54) is 5.56 Å². The summed E-state index contributed by atoms with van der Waals surface area (Å²) in [6.07, 6.45) is 2.83. The van der Waals surface area contributed by atoms with E-state index in [-0.39, 0.29) is 11.9 Å². The smallest absolute Gasteiger partial charge is 0.321 e. The molecule has 1 N–H and O–H groups in total. The number of urea groups is 1. The van der Waals surface area contributed by atoms with Crippen LogP contribution >= 0.6 is 0 Å². The van der Waals surface area contributed by atoms with Crippen LogP contribution in [0.1, 0.15) is 37.1 Å². The van der Waals surface area contributed by atoms with Gasteiger partial charge in [0.1, 0.15) is 0 Å². The van der Waals surface area contributed by atoms with Gasteiger partial charge in [-0.15, -0.1) is 0 Å². The largest absolute Gasteiger partial charge is 0.339 e. The van der Waals surface area contributed by atoms with E-state index < -0.39 is 0 Å². The standard InChI is InChI=1S/C22H24N4O2/c1-2-16-10-12-19(13-11-16)23-22(27)26-14-6-9-18(15-26)21-24-20(25-28-21)17-7-4-3-5-8-17/h3-5,7-8,10-13,18H,2,6,9,14-15H2,1H3,(H,23,27). The average Bonchev–Trinajstić information content (AvgIpc) is 3.25. The molecule has 4 rings (SSSR count). The molecule has 1 fully saturated rings.